The third-order valence-corrected chi connectivity index (χ3v) is 4.73. The molecule has 1 saturated carbocycles. The molecule has 0 aromatic heterocycles. The first-order valence-electron chi connectivity index (χ1n) is 9.04. The fourth-order valence-corrected chi connectivity index (χ4v) is 3.27. The first-order chi connectivity index (χ1) is 11.7. The highest BCUT2D eigenvalue weighted by Crippen LogP contribution is 2.23. The lowest BCUT2D eigenvalue weighted by atomic mass is 9.96. The van der Waals surface area contributed by atoms with Gasteiger partial charge < -0.3 is 20.5 Å². The van der Waals surface area contributed by atoms with Gasteiger partial charge in [0.1, 0.15) is 0 Å². The van der Waals surface area contributed by atoms with Crippen LogP contribution in [0.25, 0.3) is 0 Å². The van der Waals surface area contributed by atoms with Crippen molar-refractivity contribution < 1.29 is 14.6 Å². The fraction of sp³-hybridized carbons (Fsp3) is 0.632. The summed E-state index contributed by atoms with van der Waals surface area (Å²) in [6, 6.07) is 7.89. The largest absolute Gasteiger partial charge is 0.396 e. The van der Waals surface area contributed by atoms with Crippen molar-refractivity contribution in [2.75, 3.05) is 13.2 Å². The van der Waals surface area contributed by atoms with Gasteiger partial charge in [-0.1, -0.05) is 43.5 Å². The number of hydrogen-bond acceptors (Lipinski definition) is 3. The molecule has 5 nitrogen and oxygen atoms in total. The number of nitrogens with one attached hydrogen (secondary N) is 2. The number of amides is 2. The minimum absolute atomic E-state index is 0.0659. The van der Waals surface area contributed by atoms with Gasteiger partial charge >= 0.3 is 6.03 Å². The zero-order valence-corrected chi connectivity index (χ0v) is 14.6. The summed E-state index contributed by atoms with van der Waals surface area (Å²) in [6.45, 7) is 3.82. The summed E-state index contributed by atoms with van der Waals surface area (Å²) in [5, 5.41) is 15.5. The van der Waals surface area contributed by atoms with Crippen LogP contribution in [0.5, 0.6) is 0 Å². The predicted molar refractivity (Wildman–Crippen MR) is 94.6 cm³/mol. The van der Waals surface area contributed by atoms with Crippen molar-refractivity contribution in [3.63, 3.8) is 0 Å². The Morgan fingerprint density at radius 3 is 2.71 bits per heavy atom. The van der Waals surface area contributed by atoms with E-state index >= 15 is 0 Å². The Morgan fingerprint density at radius 2 is 1.96 bits per heavy atom. The van der Waals surface area contributed by atoms with Crippen molar-refractivity contribution in [2.24, 2.45) is 5.92 Å². The molecule has 1 aliphatic rings. The molecule has 134 valence electrons. The topological polar surface area (TPSA) is 70.6 Å². The monoisotopic (exact) mass is 334 g/mol. The number of rotatable bonds is 7. The Hall–Kier alpha value is -1.59. The predicted octanol–water partition coefficient (Wildman–Crippen LogP) is 2.96. The van der Waals surface area contributed by atoms with Crippen LogP contribution < -0.4 is 10.6 Å². The molecule has 1 fully saturated rings. The fourth-order valence-electron chi connectivity index (χ4n) is 3.27. The molecule has 24 heavy (non-hydrogen) atoms. The van der Waals surface area contributed by atoms with Gasteiger partial charge in [-0.05, 0) is 30.9 Å². The molecule has 2 rings (SSSR count). The molecular formula is C19H30N2O3. The molecule has 0 heterocycles. The maximum absolute atomic E-state index is 12.2. The van der Waals surface area contributed by atoms with E-state index in [9.17, 15) is 9.90 Å². The standard InChI is InChI=1S/C19H30N2O3/c1-2-24-14-17-10-7-6-8-15(17)12-20-19(23)21-18-11-5-3-4-9-16(18)13-22/h6-8,10,16,18,22H,2-5,9,11-14H2,1H3,(H2,20,21,23). The summed E-state index contributed by atoms with van der Waals surface area (Å²) in [5.41, 5.74) is 2.17. The number of hydrogen-bond donors (Lipinski definition) is 3. The van der Waals surface area contributed by atoms with Crippen LogP contribution in [0.3, 0.4) is 0 Å². The third kappa shape index (κ3) is 5.80. The van der Waals surface area contributed by atoms with Gasteiger partial charge in [-0.2, -0.15) is 0 Å². The van der Waals surface area contributed by atoms with Gasteiger partial charge in [0, 0.05) is 31.7 Å². The van der Waals surface area contributed by atoms with Gasteiger partial charge in [-0.15, -0.1) is 0 Å². The van der Waals surface area contributed by atoms with Crippen LogP contribution in [0.15, 0.2) is 24.3 Å². The normalized spacial score (nSPS) is 21.1. The van der Waals surface area contributed by atoms with E-state index in [0.29, 0.717) is 19.8 Å². The number of benzene rings is 1. The van der Waals surface area contributed by atoms with Crippen molar-refractivity contribution in [1.29, 1.82) is 0 Å². The Labute approximate surface area is 144 Å². The quantitative estimate of drug-likeness (QED) is 0.671. The van der Waals surface area contributed by atoms with E-state index in [-0.39, 0.29) is 24.6 Å². The average Bonchev–Trinajstić information content (AvgIpc) is 2.83. The van der Waals surface area contributed by atoms with Crippen molar-refractivity contribution in [2.45, 2.75) is 58.2 Å². The lowest BCUT2D eigenvalue weighted by Gasteiger charge is -2.24. The summed E-state index contributed by atoms with van der Waals surface area (Å²) in [4.78, 5) is 12.2. The van der Waals surface area contributed by atoms with Crippen molar-refractivity contribution in [1.82, 2.24) is 10.6 Å². The summed E-state index contributed by atoms with van der Waals surface area (Å²) in [7, 11) is 0. The maximum atomic E-state index is 12.2. The lowest BCUT2D eigenvalue weighted by molar-refractivity contribution is 0.133. The highest BCUT2D eigenvalue weighted by molar-refractivity contribution is 5.74. The van der Waals surface area contributed by atoms with Crippen LogP contribution in [0, 0.1) is 5.92 Å². The second-order valence-corrected chi connectivity index (χ2v) is 6.42. The molecule has 2 amide bonds. The molecule has 5 heteroatoms. The van der Waals surface area contributed by atoms with Gasteiger partial charge in [0.15, 0.2) is 0 Å². The van der Waals surface area contributed by atoms with E-state index in [1.54, 1.807) is 0 Å². The second kappa shape index (κ2) is 10.3. The van der Waals surface area contributed by atoms with Crippen LogP contribution in [0.2, 0.25) is 0 Å². The molecule has 0 spiro atoms. The van der Waals surface area contributed by atoms with Crippen LogP contribution in [0.1, 0.15) is 50.2 Å². The molecule has 2 unspecified atom stereocenters. The van der Waals surface area contributed by atoms with Crippen molar-refractivity contribution in [3.05, 3.63) is 35.4 Å². The highest BCUT2D eigenvalue weighted by Gasteiger charge is 2.24. The summed E-state index contributed by atoms with van der Waals surface area (Å²) < 4.78 is 5.47. The van der Waals surface area contributed by atoms with Crippen LogP contribution in [0.4, 0.5) is 4.79 Å². The SMILES string of the molecule is CCOCc1ccccc1CNC(=O)NC1CCCCCC1CO. The van der Waals surface area contributed by atoms with Crippen molar-refractivity contribution >= 4 is 6.03 Å². The van der Waals surface area contributed by atoms with E-state index in [0.717, 1.165) is 36.8 Å². The number of urea groups is 1. The number of ether oxygens (including phenoxy) is 1. The molecule has 0 radical (unpaired) electrons. The summed E-state index contributed by atoms with van der Waals surface area (Å²) >= 11 is 0. The minimum atomic E-state index is -0.161. The minimum Gasteiger partial charge on any atom is -0.396 e. The van der Waals surface area contributed by atoms with Gasteiger partial charge in [-0.25, -0.2) is 4.79 Å². The van der Waals surface area contributed by atoms with Crippen LogP contribution >= 0.6 is 0 Å². The molecule has 0 bridgehead atoms. The Kier molecular flexibility index (Phi) is 8.05. The van der Waals surface area contributed by atoms with Crippen molar-refractivity contribution in [3.8, 4) is 0 Å². The van der Waals surface area contributed by atoms with E-state index in [1.165, 1.54) is 6.42 Å². The average molecular weight is 334 g/mol. The number of carbonyl (C=O) groups excluding carboxylic acids is 1. The zero-order valence-electron chi connectivity index (χ0n) is 14.6. The smallest absolute Gasteiger partial charge is 0.315 e. The van der Waals surface area contributed by atoms with Gasteiger partial charge in [-0.3, -0.25) is 0 Å². The summed E-state index contributed by atoms with van der Waals surface area (Å²) in [5.74, 6) is 0.170. The third-order valence-electron chi connectivity index (χ3n) is 4.73. The molecular weight excluding hydrogens is 304 g/mol. The van der Waals surface area contributed by atoms with E-state index in [1.807, 2.05) is 31.2 Å². The van der Waals surface area contributed by atoms with Gasteiger partial charge in [0.05, 0.1) is 6.61 Å². The maximum Gasteiger partial charge on any atom is 0.315 e. The van der Waals surface area contributed by atoms with Crippen LogP contribution in [-0.2, 0) is 17.9 Å². The number of aliphatic hydroxyl groups is 1. The molecule has 1 aliphatic carbocycles. The van der Waals surface area contributed by atoms with Crippen LogP contribution in [-0.4, -0.2) is 30.4 Å². The van der Waals surface area contributed by atoms with E-state index in [4.69, 9.17) is 4.74 Å². The van der Waals surface area contributed by atoms with Gasteiger partial charge in [0.25, 0.3) is 0 Å². The van der Waals surface area contributed by atoms with E-state index < -0.39 is 0 Å². The second-order valence-electron chi connectivity index (χ2n) is 6.42. The number of carbonyl (C=O) groups is 1. The Balaban J connectivity index is 1.86. The van der Waals surface area contributed by atoms with E-state index in [2.05, 4.69) is 10.6 Å². The zero-order chi connectivity index (χ0) is 17.2. The Morgan fingerprint density at radius 1 is 1.21 bits per heavy atom. The molecule has 0 aliphatic heterocycles. The highest BCUT2D eigenvalue weighted by atomic mass is 16.5. The first kappa shape index (κ1) is 18.7. The van der Waals surface area contributed by atoms with Gasteiger partial charge in [0.2, 0.25) is 0 Å². The molecule has 2 atom stereocenters. The number of aliphatic hydroxyl groups excluding tert-OH is 1. The Bertz CT molecular complexity index is 507. The first-order valence-corrected chi connectivity index (χ1v) is 9.04. The lowest BCUT2D eigenvalue weighted by Crippen LogP contribution is -2.46. The molecule has 3 N–H and O–H groups in total. The summed E-state index contributed by atoms with van der Waals surface area (Å²) in [6.07, 6.45) is 5.35. The molecule has 1 aromatic rings. The molecule has 0 saturated heterocycles. The molecule has 1 aromatic carbocycles.